The van der Waals surface area contributed by atoms with Crippen molar-refractivity contribution in [3.05, 3.63) is 89.9 Å². The van der Waals surface area contributed by atoms with Crippen molar-refractivity contribution < 1.29 is 9.53 Å². The van der Waals surface area contributed by atoms with Gasteiger partial charge in [-0.2, -0.15) is 5.26 Å². The van der Waals surface area contributed by atoms with Crippen LogP contribution in [0.25, 0.3) is 10.9 Å². The zero-order valence-electron chi connectivity index (χ0n) is 15.7. The van der Waals surface area contributed by atoms with Crippen molar-refractivity contribution >= 4 is 22.4 Å². The molecule has 0 fully saturated rings. The van der Waals surface area contributed by atoms with Gasteiger partial charge >= 0.3 is 0 Å². The third-order valence-electron chi connectivity index (χ3n) is 4.75. The summed E-state index contributed by atoms with van der Waals surface area (Å²) in [4.78, 5) is 20.8. The van der Waals surface area contributed by atoms with Crippen molar-refractivity contribution in [1.82, 2.24) is 9.97 Å². The quantitative estimate of drug-likeness (QED) is 0.480. The van der Waals surface area contributed by atoms with E-state index in [-0.39, 0.29) is 5.78 Å². The Morgan fingerprint density at radius 1 is 1.17 bits per heavy atom. The highest BCUT2D eigenvalue weighted by Gasteiger charge is 2.24. The minimum Gasteiger partial charge on any atom is -0.495 e. The van der Waals surface area contributed by atoms with Crippen molar-refractivity contribution in [2.75, 3.05) is 12.4 Å². The number of pyridine rings is 1. The molecule has 0 saturated heterocycles. The Bertz CT molecular complexity index is 1210. The molecule has 6 nitrogen and oxygen atoms in total. The van der Waals surface area contributed by atoms with Crippen LogP contribution >= 0.6 is 0 Å². The Balaban J connectivity index is 1.76. The highest BCUT2D eigenvalue weighted by molar-refractivity contribution is 6.11. The van der Waals surface area contributed by atoms with Crippen molar-refractivity contribution in [2.24, 2.45) is 0 Å². The lowest BCUT2D eigenvalue weighted by molar-refractivity contribution is 0.0971. The lowest BCUT2D eigenvalue weighted by atomic mass is 9.96. The maximum atomic E-state index is 13.5. The van der Waals surface area contributed by atoms with Crippen LogP contribution in [0.1, 0.15) is 27.5 Å². The van der Waals surface area contributed by atoms with Crippen LogP contribution in [0.4, 0.5) is 5.69 Å². The maximum absolute atomic E-state index is 13.5. The number of anilines is 1. The van der Waals surface area contributed by atoms with E-state index in [0.29, 0.717) is 22.6 Å². The number of methoxy groups -OCH3 is 1. The minimum atomic E-state index is -0.657. The number of para-hydroxylation sites is 1. The highest BCUT2D eigenvalue weighted by atomic mass is 16.5. The molecule has 4 rings (SSSR count). The number of carbonyl (C=O) groups is 1. The summed E-state index contributed by atoms with van der Waals surface area (Å²) in [6.45, 7) is 0. The number of nitrogens with zero attached hydrogens (tertiary/aromatic N) is 2. The van der Waals surface area contributed by atoms with Gasteiger partial charge in [-0.15, -0.1) is 0 Å². The average Bonchev–Trinajstić information content (AvgIpc) is 3.21. The zero-order chi connectivity index (χ0) is 20.2. The number of hydrogen-bond donors (Lipinski definition) is 2. The third kappa shape index (κ3) is 3.66. The summed E-state index contributed by atoms with van der Waals surface area (Å²) < 4.78 is 5.23. The molecule has 0 radical (unpaired) electrons. The summed E-state index contributed by atoms with van der Waals surface area (Å²) >= 11 is 0. The van der Waals surface area contributed by atoms with Gasteiger partial charge in [-0.3, -0.25) is 9.78 Å². The number of Topliss-reactive ketones (excluding diaryl/α,β-unsaturated/α-hetero) is 1. The number of rotatable bonds is 6. The molecule has 0 aliphatic heterocycles. The van der Waals surface area contributed by atoms with Gasteiger partial charge in [0.1, 0.15) is 11.8 Å². The van der Waals surface area contributed by atoms with E-state index in [4.69, 9.17) is 10.00 Å². The van der Waals surface area contributed by atoms with Crippen LogP contribution in [0.15, 0.2) is 73.2 Å². The molecule has 0 aliphatic rings. The van der Waals surface area contributed by atoms with E-state index in [0.717, 1.165) is 16.5 Å². The molecule has 6 heteroatoms. The number of hydrogen-bond acceptors (Lipinski definition) is 5. The van der Waals surface area contributed by atoms with E-state index >= 15 is 0 Å². The molecule has 0 saturated carbocycles. The summed E-state index contributed by atoms with van der Waals surface area (Å²) in [5.41, 5.74) is 3.44. The van der Waals surface area contributed by atoms with Crippen molar-refractivity contribution in [1.29, 1.82) is 5.26 Å². The number of ketones is 1. The monoisotopic (exact) mass is 382 g/mol. The Kier molecular flexibility index (Phi) is 4.95. The second-order valence-electron chi connectivity index (χ2n) is 6.54. The fourth-order valence-electron chi connectivity index (χ4n) is 3.26. The lowest BCUT2D eigenvalue weighted by Gasteiger charge is -2.19. The second kappa shape index (κ2) is 7.87. The first-order valence-corrected chi connectivity index (χ1v) is 9.05. The van der Waals surface area contributed by atoms with Gasteiger partial charge in [-0.05, 0) is 23.8 Å². The van der Waals surface area contributed by atoms with Gasteiger partial charge in [0.25, 0.3) is 0 Å². The molecule has 2 aromatic carbocycles. The number of aromatic nitrogens is 2. The van der Waals surface area contributed by atoms with Gasteiger partial charge in [0.2, 0.25) is 0 Å². The molecule has 0 bridgehead atoms. The summed E-state index contributed by atoms with van der Waals surface area (Å²) in [7, 11) is 1.57. The highest BCUT2D eigenvalue weighted by Crippen LogP contribution is 2.28. The zero-order valence-corrected chi connectivity index (χ0v) is 15.7. The molecule has 142 valence electrons. The number of ether oxygens (including phenoxy) is 1. The molecule has 0 aliphatic carbocycles. The van der Waals surface area contributed by atoms with Gasteiger partial charge < -0.3 is 15.0 Å². The summed E-state index contributed by atoms with van der Waals surface area (Å²) in [5, 5.41) is 13.2. The number of aromatic amines is 1. The summed E-state index contributed by atoms with van der Waals surface area (Å²) in [6, 6.07) is 17.9. The molecule has 1 atom stereocenters. The topological polar surface area (TPSA) is 90.8 Å². The number of benzene rings is 2. The molecular formula is C23H18N4O2. The number of H-pyrrole nitrogens is 1. The normalized spacial score (nSPS) is 11.6. The Morgan fingerprint density at radius 2 is 1.97 bits per heavy atom. The fourth-order valence-corrected chi connectivity index (χ4v) is 3.26. The number of nitriles is 1. The number of nitrogens with one attached hydrogen (secondary N) is 2. The summed E-state index contributed by atoms with van der Waals surface area (Å²) in [5.74, 6) is 0.503. The molecule has 2 aromatic heterocycles. The molecule has 29 heavy (non-hydrogen) atoms. The van der Waals surface area contributed by atoms with Crippen LogP contribution < -0.4 is 10.1 Å². The first-order chi connectivity index (χ1) is 14.2. The van der Waals surface area contributed by atoms with E-state index in [1.807, 2.05) is 24.3 Å². The minimum absolute atomic E-state index is 0.0880. The maximum Gasteiger partial charge on any atom is 0.191 e. The molecule has 0 amide bonds. The predicted octanol–water partition coefficient (Wildman–Crippen LogP) is 4.48. The second-order valence-corrected chi connectivity index (χ2v) is 6.54. The van der Waals surface area contributed by atoms with E-state index in [1.165, 1.54) is 0 Å². The van der Waals surface area contributed by atoms with Crippen LogP contribution in [-0.2, 0) is 0 Å². The Labute approximate surface area is 167 Å². The van der Waals surface area contributed by atoms with Crippen molar-refractivity contribution in [3.8, 4) is 11.8 Å². The third-order valence-corrected chi connectivity index (χ3v) is 4.75. The molecule has 2 heterocycles. The van der Waals surface area contributed by atoms with Gasteiger partial charge in [0.05, 0.1) is 36.8 Å². The average molecular weight is 382 g/mol. The van der Waals surface area contributed by atoms with Crippen molar-refractivity contribution in [3.63, 3.8) is 0 Å². The predicted molar refractivity (Wildman–Crippen MR) is 111 cm³/mol. The van der Waals surface area contributed by atoms with E-state index in [1.54, 1.807) is 56.0 Å². The van der Waals surface area contributed by atoms with Gasteiger partial charge in [-0.1, -0.05) is 30.3 Å². The van der Waals surface area contributed by atoms with E-state index < -0.39 is 6.04 Å². The molecule has 4 aromatic rings. The van der Waals surface area contributed by atoms with E-state index in [9.17, 15) is 4.79 Å². The van der Waals surface area contributed by atoms with Crippen LogP contribution in [0.3, 0.4) is 0 Å². The van der Waals surface area contributed by atoms with Gasteiger partial charge in [-0.25, -0.2) is 0 Å². The molecule has 0 spiro atoms. The van der Waals surface area contributed by atoms with E-state index in [2.05, 4.69) is 21.4 Å². The van der Waals surface area contributed by atoms with Crippen molar-refractivity contribution in [2.45, 2.75) is 6.04 Å². The Hall–Kier alpha value is -4.11. The number of carbonyl (C=O) groups excluding carboxylic acids is 1. The summed E-state index contributed by atoms with van der Waals surface area (Å²) in [6.07, 6.45) is 4.97. The molecule has 2 N–H and O–H groups in total. The van der Waals surface area contributed by atoms with Gasteiger partial charge in [0.15, 0.2) is 5.78 Å². The van der Waals surface area contributed by atoms with Crippen LogP contribution in [0.5, 0.6) is 5.75 Å². The largest absolute Gasteiger partial charge is 0.495 e. The van der Waals surface area contributed by atoms with Crippen LogP contribution in [0, 0.1) is 11.3 Å². The standard InChI is InChI=1S/C23H18N4O2/c1-29-18-10-17(12-25-13-18)27-22(16-8-6-15(11-24)7-9-16)23(28)20-14-26-21-5-3-2-4-19(20)21/h2-10,12-14,22,26-27H,1H3. The fraction of sp³-hybridized carbons (Fsp3) is 0.0870. The lowest BCUT2D eigenvalue weighted by Crippen LogP contribution is -2.21. The van der Waals surface area contributed by atoms with Gasteiger partial charge in [0, 0.05) is 28.7 Å². The number of fused-ring (bicyclic) bond motifs is 1. The first kappa shape index (κ1) is 18.3. The molecule has 1 unspecified atom stereocenters. The van der Waals surface area contributed by atoms with Crippen LogP contribution in [0.2, 0.25) is 0 Å². The molecular weight excluding hydrogens is 364 g/mol. The first-order valence-electron chi connectivity index (χ1n) is 9.05. The Morgan fingerprint density at radius 3 is 2.72 bits per heavy atom. The van der Waals surface area contributed by atoms with Crippen LogP contribution in [-0.4, -0.2) is 22.9 Å². The smallest absolute Gasteiger partial charge is 0.191 e. The SMILES string of the molecule is COc1cncc(NC(C(=O)c2c[nH]c3ccccc23)c2ccc(C#N)cc2)c1.